The van der Waals surface area contributed by atoms with Gasteiger partial charge in [-0.1, -0.05) is 0 Å². The molecule has 0 unspecified atom stereocenters. The lowest BCUT2D eigenvalue weighted by Gasteiger charge is -2.07. The molecule has 0 rings (SSSR count). The van der Waals surface area contributed by atoms with Crippen molar-refractivity contribution < 1.29 is 62.9 Å². The number of carboxylic acids is 2. The van der Waals surface area contributed by atoms with E-state index in [4.69, 9.17) is 20.4 Å². The first kappa shape index (κ1) is 46.7. The number of rotatable bonds is 3. The second kappa shape index (κ2) is 19.2. The molecule has 0 aromatic carbocycles. The molecule has 0 aliphatic rings. The average Bonchev–Trinajstić information content (AvgIpc) is 1.84. The zero-order chi connectivity index (χ0) is 8.31. The van der Waals surface area contributed by atoms with Crippen LogP contribution < -0.4 is 0 Å². The van der Waals surface area contributed by atoms with Gasteiger partial charge < -0.3 is 53.3 Å². The lowest BCUT2D eigenvalue weighted by atomic mass is 10.2. The maximum absolute atomic E-state index is 9.77. The van der Waals surface area contributed by atoms with Crippen LogP contribution in [0.4, 0.5) is 0 Å². The maximum atomic E-state index is 9.77. The van der Waals surface area contributed by atoms with Gasteiger partial charge in [0.15, 0.2) is 12.2 Å². The van der Waals surface area contributed by atoms with E-state index in [1.54, 1.807) is 0 Å². The van der Waals surface area contributed by atoms with Crippen LogP contribution in [0.5, 0.6) is 0 Å². The molecule has 0 amide bonds. The van der Waals surface area contributed by atoms with E-state index in [0.717, 1.165) is 0 Å². The average molecular weight is 258 g/mol. The molecule has 0 aliphatic heterocycles. The first-order chi connectivity index (χ1) is 4.46. The Morgan fingerprint density at radius 3 is 0.812 bits per heavy atom. The Kier molecular flexibility index (Phi) is 56.1. The van der Waals surface area contributed by atoms with E-state index < -0.39 is 24.1 Å². The quantitative estimate of drug-likeness (QED) is 0.380. The molecule has 0 heterocycles. The van der Waals surface area contributed by atoms with Crippen LogP contribution in [-0.2, 0) is 9.59 Å². The lowest BCUT2D eigenvalue weighted by molar-refractivity contribution is -0.165. The van der Waals surface area contributed by atoms with E-state index in [1.165, 1.54) is 0 Å². The zero-order valence-corrected chi connectivity index (χ0v) is 7.76. The van der Waals surface area contributed by atoms with Crippen molar-refractivity contribution in [2.75, 3.05) is 0 Å². The number of aliphatic hydroxyl groups is 2. The SMILES string of the molecule is O.O.O.O.O.O.O=C(O)[C@H](O)[C@@H](O)C(=O)O. The fraction of sp³-hybridized carbons (Fsp3) is 0.500. The molecular weight excluding hydrogens is 240 g/mol. The summed E-state index contributed by atoms with van der Waals surface area (Å²) in [4.78, 5) is 19.5. The van der Waals surface area contributed by atoms with Crippen molar-refractivity contribution in [2.24, 2.45) is 0 Å². The number of carboxylic acid groups (broad SMARTS) is 2. The van der Waals surface area contributed by atoms with Gasteiger partial charge in [0.25, 0.3) is 0 Å². The molecular formula is C4H18O12. The summed E-state index contributed by atoms with van der Waals surface area (Å²) in [6.45, 7) is 0. The Bertz CT molecular complexity index is 137. The number of hydrogen-bond donors (Lipinski definition) is 4. The highest BCUT2D eigenvalue weighted by atomic mass is 16.4. The highest BCUT2D eigenvalue weighted by Crippen LogP contribution is 1.92. The van der Waals surface area contributed by atoms with Crippen LogP contribution >= 0.6 is 0 Å². The minimum absolute atomic E-state index is 0. The van der Waals surface area contributed by atoms with Crippen molar-refractivity contribution in [3.8, 4) is 0 Å². The topological polar surface area (TPSA) is 304 Å². The van der Waals surface area contributed by atoms with Crippen molar-refractivity contribution in [3.63, 3.8) is 0 Å². The molecule has 0 spiro atoms. The van der Waals surface area contributed by atoms with Crippen LogP contribution in [0.1, 0.15) is 0 Å². The van der Waals surface area contributed by atoms with Crippen LogP contribution in [0.3, 0.4) is 0 Å². The highest BCUT2D eigenvalue weighted by Gasteiger charge is 2.29. The van der Waals surface area contributed by atoms with Crippen molar-refractivity contribution in [3.05, 3.63) is 0 Å². The smallest absolute Gasteiger partial charge is 0.335 e. The molecule has 0 aliphatic carbocycles. The number of carbonyl (C=O) groups is 2. The molecule has 106 valence electrons. The van der Waals surface area contributed by atoms with E-state index in [0.29, 0.717) is 0 Å². The normalized spacial score (nSPS) is 9.88. The van der Waals surface area contributed by atoms with E-state index in [9.17, 15) is 9.59 Å². The van der Waals surface area contributed by atoms with Gasteiger partial charge in [0, 0.05) is 0 Å². The Balaban J connectivity index is -0.0000000270. The van der Waals surface area contributed by atoms with Crippen LogP contribution in [-0.4, -0.2) is 77.4 Å². The summed E-state index contributed by atoms with van der Waals surface area (Å²) >= 11 is 0. The van der Waals surface area contributed by atoms with Gasteiger partial charge in [0.1, 0.15) is 0 Å². The van der Waals surface area contributed by atoms with Crippen molar-refractivity contribution in [1.29, 1.82) is 0 Å². The van der Waals surface area contributed by atoms with Crippen molar-refractivity contribution in [2.45, 2.75) is 12.2 Å². The molecule has 12 nitrogen and oxygen atoms in total. The fourth-order valence-electron chi connectivity index (χ4n) is 0.270. The Morgan fingerprint density at radius 2 is 0.750 bits per heavy atom. The van der Waals surface area contributed by atoms with Gasteiger partial charge in [-0.3, -0.25) is 0 Å². The standard InChI is InChI=1S/C4H6O6.6H2O/c5-1(3(7)8)2(6)4(9)10;;;;;;/h1-2,5-6H,(H,7,8)(H,9,10);6*1H2/t1-,2-;;;;;;/m1....../s1. The molecule has 16 heavy (non-hydrogen) atoms. The molecule has 0 aromatic rings. The summed E-state index contributed by atoms with van der Waals surface area (Å²) in [7, 11) is 0. The maximum Gasteiger partial charge on any atom is 0.335 e. The molecule has 16 N–H and O–H groups in total. The predicted octanol–water partition coefficient (Wildman–Crippen LogP) is -7.07. The monoisotopic (exact) mass is 258 g/mol. The summed E-state index contributed by atoms with van der Waals surface area (Å²) < 4.78 is 0. The number of hydrogen-bond acceptors (Lipinski definition) is 4. The van der Waals surface area contributed by atoms with Crippen LogP contribution in [0.15, 0.2) is 0 Å². The van der Waals surface area contributed by atoms with Gasteiger partial charge in [-0.25, -0.2) is 9.59 Å². The van der Waals surface area contributed by atoms with E-state index in [1.807, 2.05) is 0 Å². The van der Waals surface area contributed by atoms with E-state index >= 15 is 0 Å². The first-order valence-electron chi connectivity index (χ1n) is 2.28. The van der Waals surface area contributed by atoms with Gasteiger partial charge in [0.05, 0.1) is 0 Å². The second-order valence-electron chi connectivity index (χ2n) is 1.57. The first-order valence-corrected chi connectivity index (χ1v) is 2.28. The largest absolute Gasteiger partial charge is 0.479 e. The summed E-state index contributed by atoms with van der Waals surface area (Å²) in [5.74, 6) is -3.54. The lowest BCUT2D eigenvalue weighted by Crippen LogP contribution is -2.39. The molecule has 12 heteroatoms. The van der Waals surface area contributed by atoms with Gasteiger partial charge in [-0.05, 0) is 0 Å². The predicted molar refractivity (Wildman–Crippen MR) is 49.0 cm³/mol. The summed E-state index contributed by atoms with van der Waals surface area (Å²) in [5.41, 5.74) is 0. The number of aliphatic carboxylic acids is 2. The summed E-state index contributed by atoms with van der Waals surface area (Å²) in [6.07, 6.45) is -4.53. The zero-order valence-electron chi connectivity index (χ0n) is 7.76. The van der Waals surface area contributed by atoms with Gasteiger partial charge >= 0.3 is 11.9 Å². The minimum Gasteiger partial charge on any atom is -0.479 e. The molecule has 0 saturated carbocycles. The van der Waals surface area contributed by atoms with Crippen LogP contribution in [0.2, 0.25) is 0 Å². The van der Waals surface area contributed by atoms with Gasteiger partial charge in [-0.15, -0.1) is 0 Å². The summed E-state index contributed by atoms with van der Waals surface area (Å²) in [6, 6.07) is 0. The number of aliphatic hydroxyl groups excluding tert-OH is 2. The van der Waals surface area contributed by atoms with E-state index in [-0.39, 0.29) is 32.9 Å². The third-order valence-electron chi connectivity index (χ3n) is 0.805. The Labute approximate surface area is 88.2 Å². The molecule has 0 fully saturated rings. The van der Waals surface area contributed by atoms with E-state index in [2.05, 4.69) is 0 Å². The van der Waals surface area contributed by atoms with Crippen LogP contribution in [0, 0.1) is 0 Å². The molecule has 0 aromatic heterocycles. The van der Waals surface area contributed by atoms with Gasteiger partial charge in [0.2, 0.25) is 0 Å². The molecule has 0 saturated heterocycles. The van der Waals surface area contributed by atoms with Crippen molar-refractivity contribution >= 4 is 11.9 Å². The van der Waals surface area contributed by atoms with Gasteiger partial charge in [-0.2, -0.15) is 0 Å². The minimum atomic E-state index is -2.27. The molecule has 0 radical (unpaired) electrons. The second-order valence-corrected chi connectivity index (χ2v) is 1.57. The highest BCUT2D eigenvalue weighted by molar-refractivity contribution is 5.82. The third kappa shape index (κ3) is 15.1. The van der Waals surface area contributed by atoms with Crippen molar-refractivity contribution in [1.82, 2.24) is 0 Å². The Hall–Kier alpha value is -1.38. The van der Waals surface area contributed by atoms with Crippen LogP contribution in [0.25, 0.3) is 0 Å². The summed E-state index contributed by atoms with van der Waals surface area (Å²) in [5, 5.41) is 32.5. The molecule has 2 atom stereocenters. The Morgan fingerprint density at radius 1 is 0.625 bits per heavy atom. The third-order valence-corrected chi connectivity index (χ3v) is 0.805. The molecule has 0 bridgehead atoms. The fourth-order valence-corrected chi connectivity index (χ4v) is 0.270.